The zero-order valence-electron chi connectivity index (χ0n) is 20.8. The summed E-state index contributed by atoms with van der Waals surface area (Å²) in [5, 5.41) is 18.6. The lowest BCUT2D eigenvalue weighted by Gasteiger charge is -2.42. The van der Waals surface area contributed by atoms with E-state index in [0.29, 0.717) is 18.8 Å². The Labute approximate surface area is 227 Å². The number of thiophene rings is 1. The minimum Gasteiger partial charge on any atom is -0.478 e. The number of carbonyl (C=O) groups is 2. The Kier molecular flexibility index (Phi) is 9.12. The number of hydrogen-bond donors (Lipinski definition) is 3. The van der Waals surface area contributed by atoms with Crippen LogP contribution in [0.2, 0.25) is 0 Å². The second-order valence-electron chi connectivity index (χ2n) is 8.71. The summed E-state index contributed by atoms with van der Waals surface area (Å²) in [6.07, 6.45) is -5.08. The molecule has 1 saturated heterocycles. The van der Waals surface area contributed by atoms with Gasteiger partial charge in [-0.2, -0.15) is 13.2 Å². The van der Waals surface area contributed by atoms with E-state index in [0.717, 1.165) is 23.6 Å². The fourth-order valence-electron chi connectivity index (χ4n) is 4.04. The first-order chi connectivity index (χ1) is 18.2. The number of carboxylic acid groups (broad SMARTS) is 2. The summed E-state index contributed by atoms with van der Waals surface area (Å²) < 4.78 is 59.4. The van der Waals surface area contributed by atoms with Crippen LogP contribution in [0.25, 0.3) is 0 Å². The molecule has 39 heavy (non-hydrogen) atoms. The molecule has 9 nitrogen and oxygen atoms in total. The number of hydrogen-bond acceptors (Lipinski definition) is 7. The van der Waals surface area contributed by atoms with Crippen LogP contribution in [-0.2, 0) is 14.8 Å². The first-order valence-corrected chi connectivity index (χ1v) is 13.9. The maximum Gasteiger partial charge on any atom is 0.490 e. The van der Waals surface area contributed by atoms with Gasteiger partial charge in [0.2, 0.25) is 0 Å². The largest absolute Gasteiger partial charge is 0.490 e. The van der Waals surface area contributed by atoms with Crippen molar-refractivity contribution in [3.05, 3.63) is 71.1 Å². The molecule has 1 aliphatic rings. The standard InChI is InChI=1S/C23H25N3O4S2.C2HF3O2/c1-16-5-3-6-19(13-16)26-11-10-25(15-17(26)2)21-9-8-18(14-20(21)23(27)28)24-32(29,30)22-7-4-12-31-22;3-2(4,5)1(6)7/h3-9,12-14,17,24H,10-11,15H2,1-2H3,(H,27,28);(H,6,7). The third-order valence-corrected chi connectivity index (χ3v) is 8.56. The quantitative estimate of drug-likeness (QED) is 0.373. The average molecular weight is 586 g/mol. The van der Waals surface area contributed by atoms with Crippen molar-refractivity contribution < 1.29 is 41.4 Å². The highest BCUT2D eigenvalue weighted by Crippen LogP contribution is 2.30. The van der Waals surface area contributed by atoms with Gasteiger partial charge in [0.05, 0.1) is 11.3 Å². The van der Waals surface area contributed by atoms with Crippen LogP contribution in [0.1, 0.15) is 22.8 Å². The Balaban J connectivity index is 0.000000532. The maximum atomic E-state index is 12.5. The van der Waals surface area contributed by atoms with Gasteiger partial charge in [0.15, 0.2) is 0 Å². The van der Waals surface area contributed by atoms with Crippen LogP contribution < -0.4 is 14.5 Å². The van der Waals surface area contributed by atoms with Crippen LogP contribution in [0.15, 0.2) is 64.2 Å². The van der Waals surface area contributed by atoms with E-state index in [-0.39, 0.29) is 21.5 Å². The van der Waals surface area contributed by atoms with Gasteiger partial charge in [0.25, 0.3) is 10.0 Å². The zero-order chi connectivity index (χ0) is 29.0. The molecule has 4 rings (SSSR count). The van der Waals surface area contributed by atoms with Crippen LogP contribution in [0.3, 0.4) is 0 Å². The van der Waals surface area contributed by atoms with Crippen LogP contribution in [-0.4, -0.2) is 62.4 Å². The van der Waals surface area contributed by atoms with Crippen molar-refractivity contribution in [2.75, 3.05) is 34.2 Å². The monoisotopic (exact) mass is 585 g/mol. The number of aliphatic carboxylic acids is 1. The number of rotatable bonds is 6. The predicted molar refractivity (Wildman–Crippen MR) is 142 cm³/mol. The third-order valence-electron chi connectivity index (χ3n) is 5.78. The summed E-state index contributed by atoms with van der Waals surface area (Å²) in [7, 11) is -3.75. The van der Waals surface area contributed by atoms with Gasteiger partial charge in [0, 0.05) is 37.1 Å². The molecule has 210 valence electrons. The minimum absolute atomic E-state index is 0.0765. The van der Waals surface area contributed by atoms with Gasteiger partial charge in [0.1, 0.15) is 4.21 Å². The number of aromatic carboxylic acids is 1. The topological polar surface area (TPSA) is 127 Å². The first-order valence-electron chi connectivity index (χ1n) is 11.5. The molecule has 0 radical (unpaired) electrons. The fraction of sp³-hybridized carbons (Fsp3) is 0.280. The molecule has 0 amide bonds. The first kappa shape index (κ1) is 29.8. The summed E-state index contributed by atoms with van der Waals surface area (Å²) in [6, 6.07) is 16.4. The highest BCUT2D eigenvalue weighted by atomic mass is 32.2. The molecule has 1 aliphatic heterocycles. The Morgan fingerprint density at radius 1 is 1.05 bits per heavy atom. The highest BCUT2D eigenvalue weighted by Gasteiger charge is 2.38. The molecule has 0 spiro atoms. The molecule has 2 heterocycles. The van der Waals surface area contributed by atoms with Crippen LogP contribution in [0.5, 0.6) is 0 Å². The summed E-state index contributed by atoms with van der Waals surface area (Å²) in [5.41, 5.74) is 3.26. The molecule has 2 aromatic carbocycles. The number of nitrogens with zero attached hydrogens (tertiary/aromatic N) is 2. The molecule has 0 bridgehead atoms. The number of aryl methyl sites for hydroxylation is 1. The van der Waals surface area contributed by atoms with E-state index in [4.69, 9.17) is 9.90 Å². The van der Waals surface area contributed by atoms with E-state index in [1.54, 1.807) is 23.6 Å². The molecule has 0 saturated carbocycles. The Hall–Kier alpha value is -3.78. The second-order valence-corrected chi connectivity index (χ2v) is 11.6. The number of piperazine rings is 1. The Bertz CT molecular complexity index is 1430. The summed E-state index contributed by atoms with van der Waals surface area (Å²) in [4.78, 5) is 25.3. The number of benzene rings is 2. The van der Waals surface area contributed by atoms with Crippen molar-refractivity contribution in [1.29, 1.82) is 0 Å². The van der Waals surface area contributed by atoms with Crippen molar-refractivity contribution in [3.63, 3.8) is 0 Å². The van der Waals surface area contributed by atoms with E-state index in [9.17, 15) is 31.5 Å². The van der Waals surface area contributed by atoms with E-state index >= 15 is 0 Å². The van der Waals surface area contributed by atoms with Crippen molar-refractivity contribution in [1.82, 2.24) is 0 Å². The van der Waals surface area contributed by atoms with Crippen molar-refractivity contribution in [2.45, 2.75) is 30.3 Å². The molecule has 1 unspecified atom stereocenters. The van der Waals surface area contributed by atoms with Crippen molar-refractivity contribution in [3.8, 4) is 0 Å². The van der Waals surface area contributed by atoms with Gasteiger partial charge in [-0.25, -0.2) is 18.0 Å². The Morgan fingerprint density at radius 2 is 1.74 bits per heavy atom. The van der Waals surface area contributed by atoms with Crippen LogP contribution in [0, 0.1) is 6.92 Å². The maximum absolute atomic E-state index is 12.5. The molecule has 3 N–H and O–H groups in total. The molecule has 1 aromatic heterocycles. The van der Waals surface area contributed by atoms with Gasteiger partial charge in [-0.3, -0.25) is 4.72 Å². The molecule has 1 fully saturated rings. The molecular weight excluding hydrogens is 559 g/mol. The zero-order valence-corrected chi connectivity index (χ0v) is 22.5. The highest BCUT2D eigenvalue weighted by molar-refractivity contribution is 7.94. The fourth-order valence-corrected chi connectivity index (χ4v) is 6.08. The van der Waals surface area contributed by atoms with Crippen LogP contribution >= 0.6 is 11.3 Å². The van der Waals surface area contributed by atoms with E-state index < -0.39 is 28.1 Å². The van der Waals surface area contributed by atoms with Crippen molar-refractivity contribution in [2.24, 2.45) is 0 Å². The lowest BCUT2D eigenvalue weighted by molar-refractivity contribution is -0.192. The minimum atomic E-state index is -5.08. The van der Waals surface area contributed by atoms with E-state index in [1.165, 1.54) is 17.7 Å². The average Bonchev–Trinajstić information content (AvgIpc) is 3.40. The van der Waals surface area contributed by atoms with Gasteiger partial charge < -0.3 is 20.0 Å². The predicted octanol–water partition coefficient (Wildman–Crippen LogP) is 4.90. The number of anilines is 3. The summed E-state index contributed by atoms with van der Waals surface area (Å²) in [5.74, 6) is -3.85. The molecule has 1 atom stereocenters. The lowest BCUT2D eigenvalue weighted by Crippen LogP contribution is -2.52. The summed E-state index contributed by atoms with van der Waals surface area (Å²) >= 11 is 1.11. The molecule has 14 heteroatoms. The van der Waals surface area contributed by atoms with Gasteiger partial charge in [-0.15, -0.1) is 11.3 Å². The number of carboxylic acids is 2. The number of halogens is 3. The second kappa shape index (κ2) is 11.9. The molecule has 0 aliphatic carbocycles. The van der Waals surface area contributed by atoms with Crippen molar-refractivity contribution >= 4 is 50.4 Å². The number of sulfonamides is 1. The number of alkyl halides is 3. The van der Waals surface area contributed by atoms with Crippen LogP contribution in [0.4, 0.5) is 30.2 Å². The third kappa shape index (κ3) is 7.63. The SMILES string of the molecule is Cc1cccc(N2CCN(c3ccc(NS(=O)(=O)c4cccs4)cc3C(=O)O)CC2C)c1.O=C(O)C(F)(F)F. The van der Waals surface area contributed by atoms with E-state index in [2.05, 4.69) is 46.6 Å². The van der Waals surface area contributed by atoms with Gasteiger partial charge in [-0.05, 0) is 61.2 Å². The molecule has 3 aromatic rings. The van der Waals surface area contributed by atoms with Gasteiger partial charge in [-0.1, -0.05) is 18.2 Å². The lowest BCUT2D eigenvalue weighted by atomic mass is 10.1. The normalized spacial score (nSPS) is 15.8. The Morgan fingerprint density at radius 3 is 2.28 bits per heavy atom. The van der Waals surface area contributed by atoms with E-state index in [1.807, 2.05) is 6.07 Å². The van der Waals surface area contributed by atoms with Gasteiger partial charge >= 0.3 is 18.1 Å². The summed E-state index contributed by atoms with van der Waals surface area (Å²) in [6.45, 7) is 6.28. The molecular formula is C25H26F3N3O6S2. The smallest absolute Gasteiger partial charge is 0.478 e. The number of nitrogens with one attached hydrogen (secondary N) is 1.